The van der Waals surface area contributed by atoms with Gasteiger partial charge >= 0.3 is 0 Å². The van der Waals surface area contributed by atoms with Crippen LogP contribution in [0, 0.1) is 6.92 Å². The number of aromatic nitrogens is 2. The van der Waals surface area contributed by atoms with Crippen LogP contribution in [0.3, 0.4) is 0 Å². The molecule has 178 valence electrons. The summed E-state index contributed by atoms with van der Waals surface area (Å²) >= 11 is 12.0. The van der Waals surface area contributed by atoms with Crippen LogP contribution in [0.5, 0.6) is 0 Å². The second-order valence-corrected chi connectivity index (χ2v) is 9.23. The minimum Gasteiger partial charge on any atom is -0.283 e. The maximum Gasteiger partial charge on any atom is 0.286 e. The number of allylic oxidation sites excluding steroid dienone is 5. The standard InChI is InChI=1S/C25H38Cl2N4O/c1-4-12-22(27)19-20(2)13-11-14-23-21(3)31(18-10-5-7-15-26)28-24(23)25(32)29-30-16-8-6-9-17-30/h4,12,19H,2,5-11,13-18H2,1,3H3,(H,29,32)/b12-4-,22-19+. The number of hydrazine groups is 1. The summed E-state index contributed by atoms with van der Waals surface area (Å²) < 4.78 is 1.99. The van der Waals surface area contributed by atoms with Gasteiger partial charge in [-0.2, -0.15) is 5.10 Å². The SMILES string of the molecule is C=C(/C=C(Cl)\C=C/C)CCCc1c(C(=O)NN2CCCCC2)nn(CCCCCCl)c1C. The van der Waals surface area contributed by atoms with E-state index in [4.69, 9.17) is 28.3 Å². The highest BCUT2D eigenvalue weighted by Crippen LogP contribution is 2.20. The van der Waals surface area contributed by atoms with E-state index in [1.165, 1.54) is 6.42 Å². The van der Waals surface area contributed by atoms with E-state index in [-0.39, 0.29) is 5.91 Å². The van der Waals surface area contributed by atoms with Crippen LogP contribution in [-0.2, 0) is 13.0 Å². The average molecular weight is 482 g/mol. The molecule has 0 aliphatic carbocycles. The van der Waals surface area contributed by atoms with Crippen molar-refractivity contribution in [3.63, 3.8) is 0 Å². The van der Waals surface area contributed by atoms with Gasteiger partial charge in [0, 0.05) is 41.8 Å². The number of alkyl halides is 1. The Bertz CT molecular complexity index is 807. The van der Waals surface area contributed by atoms with Crippen LogP contribution in [0.15, 0.2) is 35.4 Å². The van der Waals surface area contributed by atoms with Crippen molar-refractivity contribution in [2.45, 2.75) is 78.2 Å². The number of nitrogens with zero attached hydrogens (tertiary/aromatic N) is 3. The number of rotatable bonds is 13. The first-order valence-electron chi connectivity index (χ1n) is 11.8. The van der Waals surface area contributed by atoms with E-state index in [0.717, 1.165) is 87.8 Å². The molecular formula is C25H38Cl2N4O. The lowest BCUT2D eigenvalue weighted by Crippen LogP contribution is -2.45. The lowest BCUT2D eigenvalue weighted by atomic mass is 10.0. The van der Waals surface area contributed by atoms with E-state index in [0.29, 0.717) is 16.6 Å². The highest BCUT2D eigenvalue weighted by Gasteiger charge is 2.22. The number of piperidine rings is 1. The Hall–Kier alpha value is -1.56. The maximum absolute atomic E-state index is 13.1. The molecule has 5 nitrogen and oxygen atoms in total. The van der Waals surface area contributed by atoms with Gasteiger partial charge in [0.2, 0.25) is 0 Å². The summed E-state index contributed by atoms with van der Waals surface area (Å²) in [6, 6.07) is 0. The summed E-state index contributed by atoms with van der Waals surface area (Å²) in [7, 11) is 0. The zero-order valence-corrected chi connectivity index (χ0v) is 21.1. The first-order valence-corrected chi connectivity index (χ1v) is 12.7. The van der Waals surface area contributed by atoms with Crippen LogP contribution in [0.25, 0.3) is 0 Å². The third kappa shape index (κ3) is 8.76. The second-order valence-electron chi connectivity index (χ2n) is 8.42. The molecule has 1 aromatic rings. The van der Waals surface area contributed by atoms with Crippen LogP contribution in [0.1, 0.15) is 80.0 Å². The van der Waals surface area contributed by atoms with Crippen LogP contribution >= 0.6 is 23.2 Å². The Morgan fingerprint density at radius 2 is 1.94 bits per heavy atom. The molecule has 1 aliphatic heterocycles. The zero-order valence-electron chi connectivity index (χ0n) is 19.6. The molecule has 0 bridgehead atoms. The van der Waals surface area contributed by atoms with E-state index in [9.17, 15) is 4.79 Å². The largest absolute Gasteiger partial charge is 0.286 e. The zero-order chi connectivity index (χ0) is 23.3. The van der Waals surface area contributed by atoms with Gasteiger partial charge in [-0.3, -0.25) is 14.9 Å². The van der Waals surface area contributed by atoms with Crippen molar-refractivity contribution in [1.82, 2.24) is 20.2 Å². The summed E-state index contributed by atoms with van der Waals surface area (Å²) in [6.45, 7) is 10.7. The number of carbonyl (C=O) groups excluding carboxylic acids is 1. The van der Waals surface area contributed by atoms with Gasteiger partial charge in [0.1, 0.15) is 0 Å². The van der Waals surface area contributed by atoms with Crippen LogP contribution in [0.2, 0.25) is 0 Å². The lowest BCUT2D eigenvalue weighted by Gasteiger charge is -2.26. The molecule has 0 spiro atoms. The van der Waals surface area contributed by atoms with Crippen molar-refractivity contribution in [2.24, 2.45) is 0 Å². The summed E-state index contributed by atoms with van der Waals surface area (Å²) in [5.74, 6) is 0.586. The molecule has 0 saturated carbocycles. The maximum atomic E-state index is 13.1. The molecule has 0 radical (unpaired) electrons. The second kappa shape index (κ2) is 14.6. The summed E-state index contributed by atoms with van der Waals surface area (Å²) in [4.78, 5) is 13.1. The molecule has 2 rings (SSSR count). The Kier molecular flexibility index (Phi) is 12.1. The number of amides is 1. The molecule has 1 aromatic heterocycles. The van der Waals surface area contributed by atoms with Crippen LogP contribution in [-0.4, -0.2) is 39.7 Å². The van der Waals surface area contributed by atoms with Gasteiger partial charge in [-0.25, -0.2) is 5.01 Å². The quantitative estimate of drug-likeness (QED) is 0.204. The van der Waals surface area contributed by atoms with Gasteiger partial charge in [0.25, 0.3) is 5.91 Å². The third-order valence-corrected chi connectivity index (χ3v) is 6.26. The van der Waals surface area contributed by atoms with Crippen molar-refractivity contribution in [2.75, 3.05) is 19.0 Å². The molecule has 0 atom stereocenters. The van der Waals surface area contributed by atoms with Crippen molar-refractivity contribution < 1.29 is 4.79 Å². The number of halogens is 2. The third-order valence-electron chi connectivity index (χ3n) is 5.76. The van der Waals surface area contributed by atoms with Crippen molar-refractivity contribution >= 4 is 29.1 Å². The van der Waals surface area contributed by atoms with E-state index in [2.05, 4.69) is 18.9 Å². The van der Waals surface area contributed by atoms with Crippen molar-refractivity contribution in [1.29, 1.82) is 0 Å². The fraction of sp³-hybridized carbons (Fsp3) is 0.600. The fourth-order valence-electron chi connectivity index (χ4n) is 3.98. The molecule has 32 heavy (non-hydrogen) atoms. The average Bonchev–Trinajstić information content (AvgIpc) is 3.08. The first-order chi connectivity index (χ1) is 15.5. The van der Waals surface area contributed by atoms with E-state index in [1.807, 2.05) is 34.8 Å². The molecule has 1 fully saturated rings. The van der Waals surface area contributed by atoms with Gasteiger partial charge in [0.15, 0.2) is 5.69 Å². The Labute approximate surface area is 203 Å². The van der Waals surface area contributed by atoms with Gasteiger partial charge in [-0.1, -0.05) is 42.7 Å². The van der Waals surface area contributed by atoms with Crippen LogP contribution in [0.4, 0.5) is 0 Å². The van der Waals surface area contributed by atoms with Gasteiger partial charge in [0.05, 0.1) is 0 Å². The molecule has 7 heteroatoms. The number of aryl methyl sites for hydroxylation is 1. The van der Waals surface area contributed by atoms with Crippen molar-refractivity contribution in [3.05, 3.63) is 52.4 Å². The van der Waals surface area contributed by atoms with Gasteiger partial charge in [-0.05, 0) is 70.9 Å². The molecule has 2 heterocycles. The van der Waals surface area contributed by atoms with Crippen molar-refractivity contribution in [3.8, 4) is 0 Å². The molecular weight excluding hydrogens is 443 g/mol. The molecule has 0 aromatic carbocycles. The lowest BCUT2D eigenvalue weighted by molar-refractivity contribution is 0.0743. The number of nitrogens with one attached hydrogen (secondary N) is 1. The fourth-order valence-corrected chi connectivity index (χ4v) is 4.45. The molecule has 1 N–H and O–H groups in total. The number of carbonyl (C=O) groups is 1. The number of hydrogen-bond donors (Lipinski definition) is 1. The number of hydrogen-bond acceptors (Lipinski definition) is 3. The topological polar surface area (TPSA) is 50.2 Å². The van der Waals surface area contributed by atoms with E-state index in [1.54, 1.807) is 0 Å². The molecule has 0 unspecified atom stereocenters. The van der Waals surface area contributed by atoms with E-state index < -0.39 is 0 Å². The molecule has 1 saturated heterocycles. The summed E-state index contributed by atoms with van der Waals surface area (Å²) in [6.07, 6.45) is 14.7. The first kappa shape index (κ1) is 26.7. The minimum absolute atomic E-state index is 0.0978. The smallest absolute Gasteiger partial charge is 0.283 e. The normalized spacial score (nSPS) is 15.4. The monoisotopic (exact) mass is 480 g/mol. The molecule has 1 aliphatic rings. The van der Waals surface area contributed by atoms with E-state index >= 15 is 0 Å². The Morgan fingerprint density at radius 3 is 2.62 bits per heavy atom. The van der Waals surface area contributed by atoms with Crippen LogP contribution < -0.4 is 5.43 Å². The number of unbranched alkanes of at least 4 members (excludes halogenated alkanes) is 2. The predicted molar refractivity (Wildman–Crippen MR) is 135 cm³/mol. The highest BCUT2D eigenvalue weighted by atomic mass is 35.5. The minimum atomic E-state index is -0.0978. The van der Waals surface area contributed by atoms with Gasteiger partial charge < -0.3 is 0 Å². The summed E-state index contributed by atoms with van der Waals surface area (Å²) in [5.41, 5.74) is 6.73. The highest BCUT2D eigenvalue weighted by molar-refractivity contribution is 6.31. The molecule has 1 amide bonds. The summed E-state index contributed by atoms with van der Waals surface area (Å²) in [5, 5.41) is 7.43. The predicted octanol–water partition coefficient (Wildman–Crippen LogP) is 6.31. The van der Waals surface area contributed by atoms with Gasteiger partial charge in [-0.15, -0.1) is 11.6 Å². The Morgan fingerprint density at radius 1 is 1.19 bits per heavy atom. The Balaban J connectivity index is 2.08.